The molecule has 0 rings (SSSR count). The lowest BCUT2D eigenvalue weighted by atomic mass is 10.1. The van der Waals surface area contributed by atoms with E-state index < -0.39 is 0 Å². The van der Waals surface area contributed by atoms with E-state index in [4.69, 9.17) is 0 Å². The predicted molar refractivity (Wildman–Crippen MR) is 124 cm³/mol. The van der Waals surface area contributed by atoms with Gasteiger partial charge in [-0.2, -0.15) is 0 Å². The molecule has 0 atom stereocenters. The van der Waals surface area contributed by atoms with Crippen LogP contribution in [0.3, 0.4) is 0 Å². The Morgan fingerprint density at radius 3 is 1.61 bits per heavy atom. The summed E-state index contributed by atoms with van der Waals surface area (Å²) in [4.78, 5) is 0. The Balaban J connectivity index is 3.39. The van der Waals surface area contributed by atoms with Crippen molar-refractivity contribution in [2.24, 2.45) is 0 Å². The van der Waals surface area contributed by atoms with Gasteiger partial charge in [-0.1, -0.05) is 90.0 Å². The number of allylic oxidation sites excluding steroid dienone is 2. The lowest BCUT2D eigenvalue weighted by Gasteiger charge is -2.17. The van der Waals surface area contributed by atoms with Crippen LogP contribution >= 0.6 is 0 Å². The van der Waals surface area contributed by atoms with Gasteiger partial charge in [-0.3, -0.25) is 0 Å². The van der Waals surface area contributed by atoms with Crippen molar-refractivity contribution >= 4 is 0 Å². The first-order chi connectivity index (χ1) is 13.6. The molecular formula is C25H47NO2. The molecule has 0 bridgehead atoms. The van der Waals surface area contributed by atoms with E-state index in [0.717, 1.165) is 13.0 Å². The maximum atomic E-state index is 9.33. The van der Waals surface area contributed by atoms with E-state index in [-0.39, 0.29) is 17.6 Å². The monoisotopic (exact) mass is 393 g/mol. The Morgan fingerprint density at radius 2 is 1.14 bits per heavy atom. The van der Waals surface area contributed by atoms with E-state index in [9.17, 15) is 10.2 Å². The van der Waals surface area contributed by atoms with E-state index in [2.05, 4.69) is 37.6 Å². The van der Waals surface area contributed by atoms with Crippen LogP contribution in [0.2, 0.25) is 0 Å². The zero-order valence-electron chi connectivity index (χ0n) is 18.6. The zero-order chi connectivity index (χ0) is 20.9. The Labute approximate surface area is 175 Å². The van der Waals surface area contributed by atoms with Crippen molar-refractivity contribution in [3.63, 3.8) is 0 Å². The third-order valence-corrected chi connectivity index (χ3v) is 5.09. The summed E-state index contributed by atoms with van der Waals surface area (Å²) < 4.78 is 0. The number of nitrogens with one attached hydrogen (secondary N) is 1. The van der Waals surface area contributed by atoms with Crippen molar-refractivity contribution in [3.8, 4) is 0 Å². The standard InChI is InChI=1S/C25H47NO2/c1-4-5-6-7-8-9-10-11-12-13-14-15-16-17-18-19-20-26-25(21-23(2)27)22-24(3)28/h11-12,25-28H,2-10,13-22H2,1H3. The molecule has 0 aromatic rings. The van der Waals surface area contributed by atoms with Crippen molar-refractivity contribution < 1.29 is 10.2 Å². The van der Waals surface area contributed by atoms with Gasteiger partial charge in [-0.25, -0.2) is 0 Å². The molecule has 0 saturated carbocycles. The highest BCUT2D eigenvalue weighted by molar-refractivity contribution is 4.92. The topological polar surface area (TPSA) is 52.5 Å². The molecule has 3 nitrogen and oxygen atoms in total. The summed E-state index contributed by atoms with van der Waals surface area (Å²) in [5.41, 5.74) is 0. The van der Waals surface area contributed by atoms with E-state index in [0.29, 0.717) is 12.8 Å². The molecule has 0 spiro atoms. The number of aliphatic hydroxyl groups excluding tert-OH is 2. The van der Waals surface area contributed by atoms with Crippen molar-refractivity contribution in [2.75, 3.05) is 6.54 Å². The molecule has 0 heterocycles. The van der Waals surface area contributed by atoms with Gasteiger partial charge < -0.3 is 15.5 Å². The van der Waals surface area contributed by atoms with E-state index >= 15 is 0 Å². The van der Waals surface area contributed by atoms with E-state index in [1.54, 1.807) is 0 Å². The molecule has 0 aromatic carbocycles. The van der Waals surface area contributed by atoms with Gasteiger partial charge in [0, 0.05) is 18.9 Å². The normalized spacial score (nSPS) is 11.5. The van der Waals surface area contributed by atoms with Crippen LogP contribution < -0.4 is 5.32 Å². The summed E-state index contributed by atoms with van der Waals surface area (Å²) in [6.45, 7) is 10.2. The number of hydrogen-bond donors (Lipinski definition) is 3. The molecule has 0 aliphatic heterocycles. The zero-order valence-corrected chi connectivity index (χ0v) is 18.6. The minimum Gasteiger partial charge on any atom is -0.513 e. The van der Waals surface area contributed by atoms with Crippen LogP contribution in [0.5, 0.6) is 0 Å². The third kappa shape index (κ3) is 21.1. The summed E-state index contributed by atoms with van der Waals surface area (Å²) in [7, 11) is 0. The molecule has 0 radical (unpaired) electrons. The molecule has 0 fully saturated rings. The number of unbranched alkanes of at least 4 members (excludes halogenated alkanes) is 12. The fourth-order valence-corrected chi connectivity index (χ4v) is 3.46. The Bertz CT molecular complexity index is 387. The van der Waals surface area contributed by atoms with E-state index in [1.165, 1.54) is 83.5 Å². The molecule has 0 unspecified atom stereocenters. The van der Waals surface area contributed by atoms with Crippen LogP contribution in [-0.2, 0) is 0 Å². The Kier molecular flexibility index (Phi) is 19.6. The van der Waals surface area contributed by atoms with Gasteiger partial charge in [0.25, 0.3) is 0 Å². The Morgan fingerprint density at radius 1 is 0.714 bits per heavy atom. The highest BCUT2D eigenvalue weighted by Gasteiger charge is 2.10. The van der Waals surface area contributed by atoms with Gasteiger partial charge in [-0.05, 0) is 38.6 Å². The molecule has 0 saturated heterocycles. The largest absolute Gasteiger partial charge is 0.513 e. The van der Waals surface area contributed by atoms with Gasteiger partial charge in [0.1, 0.15) is 0 Å². The van der Waals surface area contributed by atoms with Crippen LogP contribution in [-0.4, -0.2) is 22.8 Å². The van der Waals surface area contributed by atoms with Crippen molar-refractivity contribution in [3.05, 3.63) is 36.8 Å². The van der Waals surface area contributed by atoms with Gasteiger partial charge >= 0.3 is 0 Å². The summed E-state index contributed by atoms with van der Waals surface area (Å²) in [5.74, 6) is 0.305. The SMILES string of the molecule is C=C(O)CC(CC(=C)O)NCCCCCCCCC=CCCCCCCCC. The lowest BCUT2D eigenvalue weighted by molar-refractivity contribution is 0.323. The Hall–Kier alpha value is -1.22. The molecule has 28 heavy (non-hydrogen) atoms. The van der Waals surface area contributed by atoms with Crippen LogP contribution in [0.4, 0.5) is 0 Å². The van der Waals surface area contributed by atoms with Crippen LogP contribution in [0.15, 0.2) is 36.8 Å². The molecular weight excluding hydrogens is 346 g/mol. The van der Waals surface area contributed by atoms with Crippen molar-refractivity contribution in [1.29, 1.82) is 0 Å². The minimum absolute atomic E-state index is 0.0260. The average Bonchev–Trinajstić information content (AvgIpc) is 2.63. The second kappa shape index (κ2) is 20.5. The van der Waals surface area contributed by atoms with Crippen molar-refractivity contribution in [2.45, 2.75) is 116 Å². The number of rotatable bonds is 21. The first-order valence-electron chi connectivity index (χ1n) is 11.7. The summed E-state index contributed by atoms with van der Waals surface area (Å²) in [6.07, 6.45) is 24.1. The fourth-order valence-electron chi connectivity index (χ4n) is 3.46. The van der Waals surface area contributed by atoms with Crippen LogP contribution in [0.1, 0.15) is 110 Å². The maximum absolute atomic E-state index is 9.33. The summed E-state index contributed by atoms with van der Waals surface area (Å²) >= 11 is 0. The predicted octanol–water partition coefficient (Wildman–Crippen LogP) is 7.91. The fraction of sp³-hybridized carbons (Fsp3) is 0.760. The smallest absolute Gasteiger partial charge is 0.0866 e. The average molecular weight is 394 g/mol. The van der Waals surface area contributed by atoms with Crippen LogP contribution in [0.25, 0.3) is 0 Å². The highest BCUT2D eigenvalue weighted by atomic mass is 16.3. The molecule has 0 aromatic heterocycles. The lowest BCUT2D eigenvalue weighted by Crippen LogP contribution is -2.30. The molecule has 0 amide bonds. The van der Waals surface area contributed by atoms with Crippen LogP contribution in [0, 0.1) is 0 Å². The van der Waals surface area contributed by atoms with Gasteiger partial charge in [0.15, 0.2) is 0 Å². The minimum atomic E-state index is 0.0260. The third-order valence-electron chi connectivity index (χ3n) is 5.09. The molecule has 3 N–H and O–H groups in total. The molecule has 3 heteroatoms. The molecule has 164 valence electrons. The molecule has 0 aliphatic carbocycles. The van der Waals surface area contributed by atoms with E-state index in [1.807, 2.05) is 0 Å². The summed E-state index contributed by atoms with van der Waals surface area (Å²) in [6, 6.07) is 0.0260. The second-order valence-electron chi connectivity index (χ2n) is 8.13. The van der Waals surface area contributed by atoms with Gasteiger partial charge in [0.2, 0.25) is 0 Å². The molecule has 0 aliphatic rings. The first-order valence-corrected chi connectivity index (χ1v) is 11.7. The van der Waals surface area contributed by atoms with Gasteiger partial charge in [-0.15, -0.1) is 0 Å². The number of aliphatic hydroxyl groups is 2. The first kappa shape index (κ1) is 26.8. The second-order valence-corrected chi connectivity index (χ2v) is 8.13. The summed E-state index contributed by atoms with van der Waals surface area (Å²) in [5, 5.41) is 22.0. The maximum Gasteiger partial charge on any atom is 0.0866 e. The van der Waals surface area contributed by atoms with Gasteiger partial charge in [0.05, 0.1) is 11.5 Å². The van der Waals surface area contributed by atoms with Crippen molar-refractivity contribution in [1.82, 2.24) is 5.32 Å². The quantitative estimate of drug-likeness (QED) is 0.105. The highest BCUT2D eigenvalue weighted by Crippen LogP contribution is 2.11. The number of hydrogen-bond acceptors (Lipinski definition) is 3.